The second-order valence-corrected chi connectivity index (χ2v) is 8.66. The molecule has 1 amide bonds. The van der Waals surface area contributed by atoms with Gasteiger partial charge in [0.1, 0.15) is 18.0 Å². The van der Waals surface area contributed by atoms with Crippen LogP contribution in [0.3, 0.4) is 0 Å². The van der Waals surface area contributed by atoms with Crippen LogP contribution in [0.4, 0.5) is 4.39 Å². The Hall–Kier alpha value is -3.56. The van der Waals surface area contributed by atoms with Gasteiger partial charge >= 0.3 is 5.76 Å². The molecule has 2 unspecified atom stereocenters. The van der Waals surface area contributed by atoms with Crippen LogP contribution in [0, 0.1) is 17.1 Å². The molecule has 11 heteroatoms. The molecule has 1 fully saturated rings. The smallest absolute Gasteiger partial charge is 0.408 e. The number of benzene rings is 2. The Morgan fingerprint density at radius 2 is 2.11 bits per heavy atom. The Kier molecular flexibility index (Phi) is 9.03. The van der Waals surface area contributed by atoms with Crippen molar-refractivity contribution in [2.45, 2.75) is 31.5 Å². The van der Waals surface area contributed by atoms with Crippen molar-refractivity contribution in [1.29, 1.82) is 5.26 Å². The molecule has 2 heterocycles. The number of nitrogens with one attached hydrogen (secondary N) is 2. The van der Waals surface area contributed by atoms with E-state index in [0.29, 0.717) is 35.4 Å². The number of carbonyl (C=O) groups excluding carboxylic acids is 1. The molecule has 0 spiro atoms. The largest absolute Gasteiger partial charge is 0.420 e. The number of halogens is 1. The molecule has 2 atom stereocenters. The van der Waals surface area contributed by atoms with E-state index < -0.39 is 29.6 Å². The summed E-state index contributed by atoms with van der Waals surface area (Å²) in [6, 6.07) is 10.9. The summed E-state index contributed by atoms with van der Waals surface area (Å²) in [5, 5.41) is 24.1. The second kappa shape index (κ2) is 12.6. The van der Waals surface area contributed by atoms with E-state index >= 15 is 4.39 Å². The maximum atomic E-state index is 15.0. The number of nitriles is 1. The fourth-order valence-electron chi connectivity index (χ4n) is 4.17. The summed E-state index contributed by atoms with van der Waals surface area (Å²) in [7, 11) is 0. The number of ether oxygens (including phenoxy) is 2. The lowest BCUT2D eigenvalue weighted by Crippen LogP contribution is -2.46. The van der Waals surface area contributed by atoms with Crippen LogP contribution in [0.25, 0.3) is 22.2 Å². The van der Waals surface area contributed by atoms with Crippen molar-refractivity contribution in [3.8, 4) is 17.2 Å². The number of oxazole rings is 1. The Morgan fingerprint density at radius 3 is 2.89 bits per heavy atom. The van der Waals surface area contributed by atoms with E-state index in [2.05, 4.69) is 10.6 Å². The minimum Gasteiger partial charge on any atom is -0.408 e. The van der Waals surface area contributed by atoms with Crippen molar-refractivity contribution in [1.82, 2.24) is 15.2 Å². The van der Waals surface area contributed by atoms with Crippen LogP contribution in [-0.4, -0.2) is 67.2 Å². The van der Waals surface area contributed by atoms with Crippen LogP contribution in [0.1, 0.15) is 12.0 Å². The fraction of sp³-hybridized carbons (Fsp3) is 0.423. The first-order valence-corrected chi connectivity index (χ1v) is 12.1. The summed E-state index contributed by atoms with van der Waals surface area (Å²) in [5.41, 5.74) is 2.48. The van der Waals surface area contributed by atoms with E-state index in [9.17, 15) is 14.9 Å². The van der Waals surface area contributed by atoms with Crippen LogP contribution in [0.5, 0.6) is 0 Å². The zero-order valence-corrected chi connectivity index (χ0v) is 20.2. The SMILES string of the molecule is N#CC(Cc1ccc(-c2ccc3oc(=O)n(CCOCCO)c3c2)cc1F)NC(=O)C1CNCCCO1. The van der Waals surface area contributed by atoms with Crippen LogP contribution in [-0.2, 0) is 27.2 Å². The van der Waals surface area contributed by atoms with Gasteiger partial charge in [-0.1, -0.05) is 18.2 Å². The molecular formula is C26H29FN4O6. The molecule has 0 radical (unpaired) electrons. The van der Waals surface area contributed by atoms with Crippen molar-refractivity contribution in [2.75, 3.05) is 39.5 Å². The molecule has 0 bridgehead atoms. The Bertz CT molecular complexity index is 1320. The topological polar surface area (TPSA) is 139 Å². The monoisotopic (exact) mass is 512 g/mol. The molecule has 196 valence electrons. The second-order valence-electron chi connectivity index (χ2n) is 8.66. The highest BCUT2D eigenvalue weighted by Gasteiger charge is 2.24. The lowest BCUT2D eigenvalue weighted by atomic mass is 10.00. The molecule has 0 saturated carbocycles. The van der Waals surface area contributed by atoms with Crippen LogP contribution < -0.4 is 16.4 Å². The number of amides is 1. The van der Waals surface area contributed by atoms with Gasteiger partial charge in [-0.25, -0.2) is 9.18 Å². The predicted molar refractivity (Wildman–Crippen MR) is 132 cm³/mol. The van der Waals surface area contributed by atoms with Crippen molar-refractivity contribution in [3.05, 3.63) is 58.3 Å². The zero-order chi connectivity index (χ0) is 26.2. The number of nitrogens with zero attached hydrogens (tertiary/aromatic N) is 2. The molecule has 37 heavy (non-hydrogen) atoms. The first-order chi connectivity index (χ1) is 18.0. The van der Waals surface area contributed by atoms with Gasteiger partial charge in [0.15, 0.2) is 5.58 Å². The summed E-state index contributed by atoms with van der Waals surface area (Å²) in [4.78, 5) is 24.7. The van der Waals surface area contributed by atoms with E-state index in [4.69, 9.17) is 19.0 Å². The minimum atomic E-state index is -0.913. The van der Waals surface area contributed by atoms with Crippen molar-refractivity contribution in [2.24, 2.45) is 0 Å². The van der Waals surface area contributed by atoms with Gasteiger partial charge in [-0.2, -0.15) is 5.26 Å². The fourth-order valence-corrected chi connectivity index (χ4v) is 4.17. The van der Waals surface area contributed by atoms with Crippen molar-refractivity contribution >= 4 is 17.0 Å². The van der Waals surface area contributed by atoms with Gasteiger partial charge in [-0.3, -0.25) is 9.36 Å². The molecule has 3 aromatic rings. The third-order valence-electron chi connectivity index (χ3n) is 6.08. The predicted octanol–water partition coefficient (Wildman–Crippen LogP) is 1.34. The molecule has 4 rings (SSSR count). The highest BCUT2D eigenvalue weighted by molar-refractivity contribution is 5.82. The number of hydrogen-bond acceptors (Lipinski definition) is 8. The van der Waals surface area contributed by atoms with Gasteiger partial charge < -0.3 is 29.6 Å². The number of aliphatic hydroxyl groups is 1. The zero-order valence-electron chi connectivity index (χ0n) is 20.2. The highest BCUT2D eigenvalue weighted by atomic mass is 19.1. The Labute approximate surface area is 212 Å². The number of fused-ring (bicyclic) bond motifs is 1. The van der Waals surface area contributed by atoms with E-state index in [-0.39, 0.29) is 38.3 Å². The van der Waals surface area contributed by atoms with Crippen LogP contribution in [0.2, 0.25) is 0 Å². The average molecular weight is 513 g/mol. The summed E-state index contributed by atoms with van der Waals surface area (Å²) in [6.45, 7) is 2.10. The van der Waals surface area contributed by atoms with Crippen molar-refractivity contribution in [3.63, 3.8) is 0 Å². The van der Waals surface area contributed by atoms with E-state index in [1.807, 2.05) is 6.07 Å². The third kappa shape index (κ3) is 6.61. The maximum absolute atomic E-state index is 15.0. The molecule has 1 aliphatic rings. The normalized spacial score (nSPS) is 16.7. The average Bonchev–Trinajstić information content (AvgIpc) is 3.04. The lowest BCUT2D eigenvalue weighted by Gasteiger charge is -2.18. The molecule has 1 aromatic heterocycles. The van der Waals surface area contributed by atoms with Gasteiger partial charge in [-0.15, -0.1) is 0 Å². The van der Waals surface area contributed by atoms with E-state index in [1.54, 1.807) is 30.3 Å². The quantitative estimate of drug-likeness (QED) is 0.346. The standard InChI is InChI=1S/C26H29FN4O6/c27-21-13-17(18-4-5-23-22(14-18)31(26(34)37-23)7-10-35-11-8-32)2-3-19(21)12-20(15-28)30-25(33)24-16-29-6-1-9-36-24/h2-5,13-14,20,24,29,32H,1,6-12,16H2,(H,30,33). The number of aliphatic hydroxyl groups excluding tert-OH is 1. The number of rotatable bonds is 10. The summed E-state index contributed by atoms with van der Waals surface area (Å²) in [6.07, 6.45) is 0.109. The molecule has 1 saturated heterocycles. The first kappa shape index (κ1) is 26.5. The molecule has 2 aromatic carbocycles. The maximum Gasteiger partial charge on any atom is 0.420 e. The first-order valence-electron chi connectivity index (χ1n) is 12.1. The van der Waals surface area contributed by atoms with Crippen molar-refractivity contribution < 1.29 is 28.2 Å². The van der Waals surface area contributed by atoms with Gasteiger partial charge in [0, 0.05) is 19.6 Å². The summed E-state index contributed by atoms with van der Waals surface area (Å²) < 4.78 is 32.5. The lowest BCUT2D eigenvalue weighted by molar-refractivity contribution is -0.132. The van der Waals surface area contributed by atoms with Gasteiger partial charge in [-0.05, 0) is 47.9 Å². The third-order valence-corrected chi connectivity index (χ3v) is 6.08. The molecule has 0 aliphatic carbocycles. The highest BCUT2D eigenvalue weighted by Crippen LogP contribution is 2.26. The summed E-state index contributed by atoms with van der Waals surface area (Å²) in [5.74, 6) is -1.45. The Balaban J connectivity index is 1.47. The molecular weight excluding hydrogens is 483 g/mol. The van der Waals surface area contributed by atoms with Gasteiger partial charge in [0.25, 0.3) is 5.91 Å². The van der Waals surface area contributed by atoms with Crippen LogP contribution >= 0.6 is 0 Å². The van der Waals surface area contributed by atoms with E-state index in [0.717, 1.165) is 13.0 Å². The van der Waals surface area contributed by atoms with Gasteiger partial charge in [0.05, 0.1) is 38.0 Å². The number of carbonyl (C=O) groups is 1. The van der Waals surface area contributed by atoms with E-state index in [1.165, 1.54) is 10.6 Å². The van der Waals surface area contributed by atoms with Crippen LogP contribution in [0.15, 0.2) is 45.6 Å². The number of aromatic nitrogens is 1. The summed E-state index contributed by atoms with van der Waals surface area (Å²) >= 11 is 0. The Morgan fingerprint density at radius 1 is 1.30 bits per heavy atom. The molecule has 10 nitrogen and oxygen atoms in total. The molecule has 3 N–H and O–H groups in total. The van der Waals surface area contributed by atoms with Gasteiger partial charge in [0.2, 0.25) is 0 Å². The minimum absolute atomic E-state index is 0.00263. The molecule has 1 aliphatic heterocycles. The number of hydrogen-bond donors (Lipinski definition) is 3.